The molecule has 4 heteroatoms. The van der Waals surface area contributed by atoms with Gasteiger partial charge in [-0.3, -0.25) is 0 Å². The van der Waals surface area contributed by atoms with E-state index in [0.717, 1.165) is 0 Å². The Hall–Kier alpha value is 1.06. The minimum Gasteiger partial charge on any atom is -1.00 e. The molecule has 4 heavy (non-hydrogen) atoms. The van der Waals surface area contributed by atoms with Crippen LogP contribution >= 0.6 is 8.69 Å². The molecule has 0 aliphatic heterocycles. The van der Waals surface area contributed by atoms with Crippen LogP contribution in [0.15, 0.2) is 0 Å². The van der Waals surface area contributed by atoms with Crippen LogP contribution in [0.1, 0.15) is 1.43 Å². The van der Waals surface area contributed by atoms with Gasteiger partial charge in [0.25, 0.3) is 0 Å². The fourth-order valence-electron chi connectivity index (χ4n) is 0. The van der Waals surface area contributed by atoms with Gasteiger partial charge < -0.3 is 6.32 Å². The molecule has 0 rings (SSSR count). The second kappa shape index (κ2) is 8.96. The van der Waals surface area contributed by atoms with E-state index in [2.05, 4.69) is 0 Å². The summed E-state index contributed by atoms with van der Waals surface area (Å²) >= 11 is 0. The maximum Gasteiger partial charge on any atom is 1.00 e. The minimum absolute atomic E-state index is 0. The Labute approximate surface area is 49.3 Å². The van der Waals surface area contributed by atoms with Gasteiger partial charge in [0.05, 0.1) is 0 Å². The van der Waals surface area contributed by atoms with Crippen LogP contribution in [0.2, 0.25) is 0 Å². The molecule has 0 aromatic heterocycles. The maximum atomic E-state index is 8.46. The van der Waals surface area contributed by atoms with Crippen molar-refractivity contribution >= 4 is 8.69 Å². The summed E-state index contributed by atoms with van der Waals surface area (Å²) in [5.74, 6) is 0. The maximum absolute atomic E-state index is 8.46. The van der Waals surface area contributed by atoms with Crippen LogP contribution in [0.3, 0.4) is 0 Å². The summed E-state index contributed by atoms with van der Waals surface area (Å²) in [6.07, 6.45) is 0. The van der Waals surface area contributed by atoms with Gasteiger partial charge in [-0.25, -0.2) is 4.57 Å². The molecule has 0 spiro atoms. The van der Waals surface area contributed by atoms with E-state index in [1.807, 2.05) is 0 Å². The Balaban J connectivity index is -0.0000000200. The van der Waals surface area contributed by atoms with Crippen molar-refractivity contribution in [2.75, 3.05) is 0 Å². The van der Waals surface area contributed by atoms with Gasteiger partial charge in [-0.2, -0.15) is 0 Å². The van der Waals surface area contributed by atoms with E-state index in [1.165, 1.54) is 0 Å². The van der Waals surface area contributed by atoms with Crippen LogP contribution in [-0.2, 0) is 4.57 Å². The quantitative estimate of drug-likeness (QED) is 0.258. The van der Waals surface area contributed by atoms with E-state index in [4.69, 9.17) is 9.46 Å². The largest absolute Gasteiger partial charge is 1.00 e. The van der Waals surface area contributed by atoms with Gasteiger partial charge in [0.1, 0.15) is 0 Å². The van der Waals surface area contributed by atoms with E-state index < -0.39 is 8.69 Å². The van der Waals surface area contributed by atoms with Gasteiger partial charge in [-0.05, 0) is 0 Å². The van der Waals surface area contributed by atoms with E-state index in [-0.39, 0.29) is 31.0 Å². The van der Waals surface area contributed by atoms with Gasteiger partial charge >= 0.3 is 38.2 Å². The molecular formula is H2NaO2P. The summed E-state index contributed by atoms with van der Waals surface area (Å²) in [6, 6.07) is 0. The zero-order chi connectivity index (χ0) is 2.71. The van der Waals surface area contributed by atoms with Crippen LogP contribution in [0.25, 0.3) is 0 Å². The molecular weight excluding hydrogens is 86.0 g/mol. The molecule has 0 fully saturated rings. The molecule has 0 aromatic rings. The third kappa shape index (κ3) is 11.6. The fraction of sp³-hybridized carbons (Fsp3) is 0. The van der Waals surface area contributed by atoms with Gasteiger partial charge in [-0.15, -0.1) is 0 Å². The van der Waals surface area contributed by atoms with Crippen molar-refractivity contribution in [1.82, 2.24) is 0 Å². The van der Waals surface area contributed by atoms with E-state index in [0.29, 0.717) is 0 Å². The van der Waals surface area contributed by atoms with Crippen molar-refractivity contribution in [3.8, 4) is 0 Å². The molecule has 1 N–H and O–H groups in total. The van der Waals surface area contributed by atoms with Crippen LogP contribution in [0, 0.1) is 0 Å². The van der Waals surface area contributed by atoms with Gasteiger partial charge in [0.2, 0.25) is 0 Å². The van der Waals surface area contributed by atoms with Crippen molar-refractivity contribution in [3.05, 3.63) is 0 Å². The molecule has 0 radical (unpaired) electrons. The average molecular weight is 88.0 g/mol. The molecule has 20 valence electrons. The Kier molecular flexibility index (Phi) is 19.9. The Morgan fingerprint density at radius 1 is 2.00 bits per heavy atom. The van der Waals surface area contributed by atoms with Crippen LogP contribution < -0.4 is 29.6 Å². The van der Waals surface area contributed by atoms with Crippen molar-refractivity contribution in [1.29, 1.82) is 0 Å². The zero-order valence-electron chi connectivity index (χ0n) is 3.30. The Morgan fingerprint density at radius 2 is 2.00 bits per heavy atom. The molecule has 0 amide bonds. The summed E-state index contributed by atoms with van der Waals surface area (Å²) in [4.78, 5) is 6.99. The van der Waals surface area contributed by atoms with Crippen molar-refractivity contribution < 1.29 is 40.4 Å². The first-order chi connectivity index (χ1) is 1.41. The molecule has 0 saturated heterocycles. The number of hydrogen-bond donors (Lipinski definition) is 1. The van der Waals surface area contributed by atoms with Gasteiger partial charge in [-0.1, -0.05) is 0 Å². The summed E-state index contributed by atoms with van der Waals surface area (Å²) in [5, 5.41) is 0. The molecule has 0 atom stereocenters. The molecule has 0 aliphatic carbocycles. The second-order valence-corrected chi connectivity index (χ2v) is 0.245. The van der Waals surface area contributed by atoms with Crippen LogP contribution in [0.4, 0.5) is 0 Å². The minimum atomic E-state index is -0.833. The SMILES string of the molecule is O=PO.[H-].[Na+]. The smallest absolute Gasteiger partial charge is 1.00 e. The molecule has 0 aromatic carbocycles. The monoisotopic (exact) mass is 88.0 g/mol. The summed E-state index contributed by atoms with van der Waals surface area (Å²) in [5.41, 5.74) is 0. The predicted molar refractivity (Wildman–Crippen MR) is 10.9 cm³/mol. The zero-order valence-corrected chi connectivity index (χ0v) is 5.20. The molecule has 0 aliphatic rings. The molecule has 2 nitrogen and oxygen atoms in total. The topological polar surface area (TPSA) is 37.3 Å². The Bertz CT molecular complexity index is 17.1. The van der Waals surface area contributed by atoms with Crippen molar-refractivity contribution in [2.24, 2.45) is 0 Å². The predicted octanol–water partition coefficient (Wildman–Crippen LogP) is -2.70. The third-order valence-corrected chi connectivity index (χ3v) is 0. The average Bonchev–Trinajstić information content (AvgIpc) is 0.918. The molecule has 0 saturated carbocycles. The molecule has 0 unspecified atom stereocenters. The van der Waals surface area contributed by atoms with Gasteiger partial charge in [0, 0.05) is 0 Å². The third-order valence-electron chi connectivity index (χ3n) is 0. The molecule has 0 heterocycles. The first-order valence-electron chi connectivity index (χ1n) is 0.383. The van der Waals surface area contributed by atoms with Crippen molar-refractivity contribution in [2.45, 2.75) is 0 Å². The van der Waals surface area contributed by atoms with Crippen LogP contribution in [0.5, 0.6) is 0 Å². The van der Waals surface area contributed by atoms with Crippen molar-refractivity contribution in [3.63, 3.8) is 0 Å². The Morgan fingerprint density at radius 3 is 2.00 bits per heavy atom. The summed E-state index contributed by atoms with van der Waals surface area (Å²) in [7, 11) is -0.833. The second-order valence-electron chi connectivity index (χ2n) is 0.0816. The van der Waals surface area contributed by atoms with E-state index in [1.54, 1.807) is 0 Å². The fourth-order valence-corrected chi connectivity index (χ4v) is 0. The standard InChI is InChI=1S/Na.HO2P.H/c;1-3-2;/h;(H,1,2);/q+1;;-1. The first-order valence-corrected chi connectivity index (χ1v) is 1.15. The normalized spacial score (nSPS) is 5.25. The van der Waals surface area contributed by atoms with E-state index in [9.17, 15) is 0 Å². The first kappa shape index (κ1) is 8.91. The summed E-state index contributed by atoms with van der Waals surface area (Å²) in [6.45, 7) is 0. The van der Waals surface area contributed by atoms with E-state index >= 15 is 0 Å². The van der Waals surface area contributed by atoms with Crippen LogP contribution in [-0.4, -0.2) is 4.89 Å². The summed E-state index contributed by atoms with van der Waals surface area (Å²) < 4.78 is 8.46. The molecule has 0 bridgehead atoms. The van der Waals surface area contributed by atoms with Gasteiger partial charge in [0.15, 0.2) is 0 Å². The number of rotatable bonds is 0. The number of hydrogen-bond acceptors (Lipinski definition) is 1.